The zero-order valence-corrected chi connectivity index (χ0v) is 15.5. The number of allylic oxidation sites excluding steroid dienone is 2. The zero-order chi connectivity index (χ0) is 18.9. The van der Waals surface area contributed by atoms with E-state index in [1.807, 2.05) is 36.4 Å². The van der Waals surface area contributed by atoms with Crippen LogP contribution in [0.4, 0.5) is 0 Å². The molecule has 2 aromatic carbocycles. The second-order valence-corrected chi connectivity index (χ2v) is 6.80. The average molecular weight is 359 g/mol. The summed E-state index contributed by atoms with van der Waals surface area (Å²) in [6.07, 6.45) is 8.55. The van der Waals surface area contributed by atoms with E-state index in [1.54, 1.807) is 11.0 Å². The van der Waals surface area contributed by atoms with Crippen molar-refractivity contribution in [3.8, 4) is 0 Å². The summed E-state index contributed by atoms with van der Waals surface area (Å²) in [6.45, 7) is 1.58. The highest BCUT2D eigenvalue weighted by Gasteiger charge is 2.11. The van der Waals surface area contributed by atoms with Crippen LogP contribution < -0.4 is 0 Å². The van der Waals surface area contributed by atoms with Gasteiger partial charge in [-0.1, -0.05) is 66.7 Å². The van der Waals surface area contributed by atoms with Gasteiger partial charge in [0.2, 0.25) is 6.41 Å². The molecule has 4 rings (SSSR count). The predicted molar refractivity (Wildman–Crippen MR) is 110 cm³/mol. The Kier molecular flexibility index (Phi) is 6.75. The molecule has 2 aromatic rings. The van der Waals surface area contributed by atoms with Gasteiger partial charge in [0.05, 0.1) is 0 Å². The van der Waals surface area contributed by atoms with E-state index < -0.39 is 0 Å². The molecule has 1 amide bonds. The molecular formula is C24H25NO2. The van der Waals surface area contributed by atoms with Crippen molar-refractivity contribution in [3.63, 3.8) is 0 Å². The Morgan fingerprint density at radius 3 is 1.93 bits per heavy atom. The van der Waals surface area contributed by atoms with Crippen molar-refractivity contribution >= 4 is 23.3 Å². The summed E-state index contributed by atoms with van der Waals surface area (Å²) in [6, 6.07) is 20.5. The highest BCUT2D eigenvalue weighted by Crippen LogP contribution is 2.24. The summed E-state index contributed by atoms with van der Waals surface area (Å²) < 4.78 is 0. The normalized spacial score (nSPS) is 16.6. The van der Waals surface area contributed by atoms with Crippen molar-refractivity contribution < 1.29 is 9.59 Å². The zero-order valence-electron chi connectivity index (χ0n) is 15.5. The summed E-state index contributed by atoms with van der Waals surface area (Å²) in [5.41, 5.74) is 5.01. The molecule has 2 aliphatic rings. The van der Waals surface area contributed by atoms with Gasteiger partial charge in [-0.3, -0.25) is 9.59 Å². The Balaban J connectivity index is 0.000000156. The number of benzene rings is 2. The minimum Gasteiger partial charge on any atom is -0.341 e. The predicted octanol–water partition coefficient (Wildman–Crippen LogP) is 4.76. The summed E-state index contributed by atoms with van der Waals surface area (Å²) in [5, 5.41) is 0. The van der Waals surface area contributed by atoms with Crippen molar-refractivity contribution in [1.82, 2.24) is 4.90 Å². The van der Waals surface area contributed by atoms with Gasteiger partial charge in [0, 0.05) is 19.5 Å². The van der Waals surface area contributed by atoms with Gasteiger partial charge in [-0.05, 0) is 47.6 Å². The second-order valence-electron chi connectivity index (χ2n) is 6.80. The molecule has 0 atom stereocenters. The first kappa shape index (κ1) is 18.8. The van der Waals surface area contributed by atoms with Crippen molar-refractivity contribution in [2.24, 2.45) is 0 Å². The lowest BCUT2D eigenvalue weighted by Crippen LogP contribution is -2.26. The Morgan fingerprint density at radius 1 is 0.778 bits per heavy atom. The molecule has 138 valence electrons. The number of hydrogen-bond donors (Lipinski definition) is 0. The highest BCUT2D eigenvalue weighted by molar-refractivity contribution is 5.98. The van der Waals surface area contributed by atoms with Crippen LogP contribution in [0.2, 0.25) is 0 Å². The van der Waals surface area contributed by atoms with Crippen LogP contribution in [-0.4, -0.2) is 30.2 Å². The van der Waals surface area contributed by atoms with Crippen molar-refractivity contribution in [1.29, 1.82) is 0 Å². The molecule has 1 heterocycles. The largest absolute Gasteiger partial charge is 0.341 e. The molecule has 0 spiro atoms. The number of hydrogen-bond acceptors (Lipinski definition) is 2. The average Bonchev–Trinajstić information content (AvgIpc) is 2.75. The molecule has 0 saturated carbocycles. The molecule has 0 unspecified atom stereocenters. The van der Waals surface area contributed by atoms with Gasteiger partial charge in [-0.15, -0.1) is 0 Å². The first-order chi connectivity index (χ1) is 13.3. The molecule has 0 fully saturated rings. The quantitative estimate of drug-likeness (QED) is 0.741. The lowest BCUT2D eigenvalue weighted by molar-refractivity contribution is -0.117. The van der Waals surface area contributed by atoms with Gasteiger partial charge in [0.25, 0.3) is 0 Å². The molecule has 0 aromatic heterocycles. The Hall–Kier alpha value is -2.94. The fourth-order valence-electron chi connectivity index (χ4n) is 3.37. The number of ketones is 1. The Labute approximate surface area is 161 Å². The van der Waals surface area contributed by atoms with Gasteiger partial charge in [0.15, 0.2) is 5.78 Å². The summed E-state index contributed by atoms with van der Waals surface area (Å²) in [7, 11) is 0. The smallest absolute Gasteiger partial charge is 0.209 e. The molecule has 0 saturated heterocycles. The third-order valence-corrected chi connectivity index (χ3v) is 4.88. The molecule has 0 bridgehead atoms. The van der Waals surface area contributed by atoms with Gasteiger partial charge in [-0.25, -0.2) is 0 Å². The fraction of sp³-hybridized carbons (Fsp3) is 0.250. The third kappa shape index (κ3) is 5.52. The molecule has 1 aliphatic heterocycles. The summed E-state index contributed by atoms with van der Waals surface area (Å²) in [5.74, 6) is 0.269. The molecule has 0 N–H and O–H groups in total. The first-order valence-corrected chi connectivity index (χ1v) is 9.49. The molecule has 0 radical (unpaired) electrons. The van der Waals surface area contributed by atoms with Crippen LogP contribution in [0.1, 0.15) is 36.8 Å². The van der Waals surface area contributed by atoms with E-state index in [9.17, 15) is 9.59 Å². The molecular weight excluding hydrogens is 334 g/mol. The van der Waals surface area contributed by atoms with E-state index >= 15 is 0 Å². The number of nitrogens with zero attached hydrogens (tertiary/aromatic N) is 1. The lowest BCUT2D eigenvalue weighted by Gasteiger charge is -2.22. The van der Waals surface area contributed by atoms with E-state index in [0.29, 0.717) is 0 Å². The standard InChI is InChI=1S/C12H13NO.C12H12O/c14-10-13-8-6-12(7-9-13)11-4-2-1-3-5-11;13-12-8-4-7-11(9-12)10-5-2-1-3-6-10/h1-6,10H,7-9H2;1-3,5-6,9H,4,7-8H2. The monoisotopic (exact) mass is 359 g/mol. The van der Waals surface area contributed by atoms with Crippen molar-refractivity contribution in [2.45, 2.75) is 25.7 Å². The van der Waals surface area contributed by atoms with E-state index in [4.69, 9.17) is 0 Å². The highest BCUT2D eigenvalue weighted by atomic mass is 16.1. The first-order valence-electron chi connectivity index (χ1n) is 9.49. The van der Waals surface area contributed by atoms with E-state index in [2.05, 4.69) is 30.3 Å². The van der Waals surface area contributed by atoms with Crippen LogP contribution in [-0.2, 0) is 9.59 Å². The van der Waals surface area contributed by atoms with Gasteiger partial charge < -0.3 is 4.90 Å². The molecule has 3 nitrogen and oxygen atoms in total. The van der Waals surface area contributed by atoms with Gasteiger partial charge in [-0.2, -0.15) is 0 Å². The minimum atomic E-state index is 0.269. The third-order valence-electron chi connectivity index (χ3n) is 4.88. The van der Waals surface area contributed by atoms with Crippen LogP contribution >= 0.6 is 0 Å². The Bertz CT molecular complexity index is 822. The molecule has 1 aliphatic carbocycles. The number of amides is 1. The van der Waals surface area contributed by atoms with Crippen molar-refractivity contribution in [3.05, 3.63) is 83.9 Å². The fourth-order valence-corrected chi connectivity index (χ4v) is 3.37. The maximum atomic E-state index is 11.2. The van der Waals surface area contributed by atoms with Crippen LogP contribution in [0, 0.1) is 0 Å². The SMILES string of the molecule is O=C1C=C(c2ccccc2)CCC1.O=CN1CC=C(c2ccccc2)CC1. The minimum absolute atomic E-state index is 0.269. The number of rotatable bonds is 3. The summed E-state index contributed by atoms with van der Waals surface area (Å²) >= 11 is 0. The van der Waals surface area contributed by atoms with Gasteiger partial charge in [0.1, 0.15) is 0 Å². The maximum absolute atomic E-state index is 11.2. The number of carbonyl (C=O) groups excluding carboxylic acids is 2. The topological polar surface area (TPSA) is 37.4 Å². The second kappa shape index (κ2) is 9.67. The van der Waals surface area contributed by atoms with Crippen molar-refractivity contribution in [2.75, 3.05) is 13.1 Å². The summed E-state index contributed by atoms with van der Waals surface area (Å²) in [4.78, 5) is 23.5. The molecule has 27 heavy (non-hydrogen) atoms. The Morgan fingerprint density at radius 2 is 1.41 bits per heavy atom. The van der Waals surface area contributed by atoms with E-state index in [0.717, 1.165) is 45.2 Å². The van der Waals surface area contributed by atoms with Gasteiger partial charge >= 0.3 is 0 Å². The van der Waals surface area contributed by atoms with E-state index in [1.165, 1.54) is 22.3 Å². The van der Waals surface area contributed by atoms with Crippen LogP contribution in [0.3, 0.4) is 0 Å². The van der Waals surface area contributed by atoms with E-state index in [-0.39, 0.29) is 5.78 Å². The van der Waals surface area contributed by atoms with Crippen LogP contribution in [0.25, 0.3) is 11.1 Å². The van der Waals surface area contributed by atoms with Crippen LogP contribution in [0.15, 0.2) is 72.8 Å². The maximum Gasteiger partial charge on any atom is 0.209 e. The number of carbonyl (C=O) groups is 2. The van der Waals surface area contributed by atoms with Crippen LogP contribution in [0.5, 0.6) is 0 Å². The molecule has 3 heteroatoms. The lowest BCUT2D eigenvalue weighted by atomic mass is 9.93.